The molecule has 0 saturated carbocycles. The van der Waals surface area contributed by atoms with E-state index in [4.69, 9.17) is 4.52 Å². The lowest BCUT2D eigenvalue weighted by molar-refractivity contribution is -0.150. The van der Waals surface area contributed by atoms with E-state index >= 15 is 0 Å². The number of likely N-dealkylation sites (tertiary alicyclic amines) is 1. The summed E-state index contributed by atoms with van der Waals surface area (Å²) in [4.78, 5) is 30.2. The van der Waals surface area contributed by atoms with Crippen LogP contribution >= 0.6 is 0 Å². The van der Waals surface area contributed by atoms with Crippen LogP contribution in [-0.4, -0.2) is 45.1 Å². The lowest BCUT2D eigenvalue weighted by Crippen LogP contribution is -2.48. The van der Waals surface area contributed by atoms with Crippen LogP contribution in [0.4, 0.5) is 0 Å². The Morgan fingerprint density at radius 2 is 2.08 bits per heavy atom. The van der Waals surface area contributed by atoms with Gasteiger partial charge in [-0.3, -0.25) is 9.59 Å². The molecule has 2 aromatic rings. The first-order valence-corrected chi connectivity index (χ1v) is 7.83. The Bertz CT molecular complexity index is 786. The number of carboxylic acids is 1. The summed E-state index contributed by atoms with van der Waals surface area (Å²) >= 11 is 0. The topological polar surface area (TPSA) is 96.5 Å². The number of piperidine rings is 1. The molecule has 1 fully saturated rings. The second-order valence-electron chi connectivity index (χ2n) is 6.39. The maximum Gasteiger partial charge on any atom is 0.311 e. The molecular weight excluding hydrogens is 310 g/mol. The SMILES string of the molecule is Cc1noc(-c2ccccc2C(=O)N2CCCC(C)(C(=O)O)C2)n1. The Hall–Kier alpha value is -2.70. The summed E-state index contributed by atoms with van der Waals surface area (Å²) < 4.78 is 5.18. The van der Waals surface area contributed by atoms with Gasteiger partial charge in [-0.2, -0.15) is 4.98 Å². The number of amides is 1. The van der Waals surface area contributed by atoms with E-state index in [0.717, 1.165) is 0 Å². The number of hydrogen-bond acceptors (Lipinski definition) is 5. The summed E-state index contributed by atoms with van der Waals surface area (Å²) in [7, 11) is 0. The van der Waals surface area contributed by atoms with Crippen LogP contribution in [0.5, 0.6) is 0 Å². The maximum atomic E-state index is 13.0. The minimum absolute atomic E-state index is 0.193. The van der Waals surface area contributed by atoms with Crippen molar-refractivity contribution >= 4 is 11.9 Å². The summed E-state index contributed by atoms with van der Waals surface area (Å²) in [6, 6.07) is 7.01. The molecule has 126 valence electrons. The maximum absolute atomic E-state index is 13.0. The van der Waals surface area contributed by atoms with Gasteiger partial charge in [0.25, 0.3) is 11.8 Å². The van der Waals surface area contributed by atoms with Crippen LogP contribution < -0.4 is 0 Å². The van der Waals surface area contributed by atoms with Crippen molar-refractivity contribution in [1.29, 1.82) is 0 Å². The van der Waals surface area contributed by atoms with E-state index in [9.17, 15) is 14.7 Å². The van der Waals surface area contributed by atoms with Gasteiger partial charge in [-0.1, -0.05) is 17.3 Å². The number of benzene rings is 1. The molecule has 0 bridgehead atoms. The zero-order valence-electron chi connectivity index (χ0n) is 13.7. The number of carboxylic acid groups (broad SMARTS) is 1. The molecule has 3 rings (SSSR count). The molecule has 1 atom stereocenters. The minimum atomic E-state index is -0.913. The van der Waals surface area contributed by atoms with Crippen molar-refractivity contribution in [3.8, 4) is 11.5 Å². The summed E-state index contributed by atoms with van der Waals surface area (Å²) in [6.45, 7) is 4.12. The van der Waals surface area contributed by atoms with Crippen LogP contribution in [0.2, 0.25) is 0 Å². The number of aliphatic carboxylic acids is 1. The number of carbonyl (C=O) groups is 2. The number of aromatic nitrogens is 2. The fourth-order valence-electron chi connectivity index (χ4n) is 3.02. The van der Waals surface area contributed by atoms with E-state index in [1.807, 2.05) is 0 Å². The fraction of sp³-hybridized carbons (Fsp3) is 0.412. The normalized spacial score (nSPS) is 20.8. The number of rotatable bonds is 3. The Balaban J connectivity index is 1.92. The Kier molecular flexibility index (Phi) is 4.09. The fourth-order valence-corrected chi connectivity index (χ4v) is 3.02. The molecule has 0 aliphatic carbocycles. The molecule has 7 heteroatoms. The van der Waals surface area contributed by atoms with Gasteiger partial charge in [-0.15, -0.1) is 0 Å². The zero-order valence-corrected chi connectivity index (χ0v) is 13.7. The van der Waals surface area contributed by atoms with Crippen molar-refractivity contribution in [2.24, 2.45) is 5.41 Å². The van der Waals surface area contributed by atoms with Gasteiger partial charge in [0.05, 0.1) is 16.5 Å². The van der Waals surface area contributed by atoms with E-state index in [2.05, 4.69) is 10.1 Å². The standard InChI is InChI=1S/C17H19N3O4/c1-11-18-14(24-19-11)12-6-3-4-7-13(12)15(21)20-9-5-8-17(2,10-20)16(22)23/h3-4,6-7H,5,8-10H2,1-2H3,(H,22,23). The third-order valence-electron chi connectivity index (χ3n) is 4.42. The number of nitrogens with zero attached hydrogens (tertiary/aromatic N) is 3. The van der Waals surface area contributed by atoms with Gasteiger partial charge in [0.15, 0.2) is 5.82 Å². The predicted octanol–water partition coefficient (Wildman–Crippen LogP) is 2.37. The lowest BCUT2D eigenvalue weighted by atomic mass is 9.82. The first kappa shape index (κ1) is 16.2. The minimum Gasteiger partial charge on any atom is -0.481 e. The summed E-state index contributed by atoms with van der Waals surface area (Å²) in [5.41, 5.74) is 0.0886. The van der Waals surface area contributed by atoms with E-state index < -0.39 is 11.4 Å². The van der Waals surface area contributed by atoms with Crippen LogP contribution in [-0.2, 0) is 4.79 Å². The quantitative estimate of drug-likeness (QED) is 0.928. The van der Waals surface area contributed by atoms with Crippen LogP contribution in [0.1, 0.15) is 35.9 Å². The molecule has 7 nitrogen and oxygen atoms in total. The second kappa shape index (κ2) is 6.07. The van der Waals surface area contributed by atoms with Crippen molar-refractivity contribution in [2.45, 2.75) is 26.7 Å². The molecule has 2 heterocycles. The average Bonchev–Trinajstić information content (AvgIpc) is 3.00. The van der Waals surface area contributed by atoms with Crippen molar-refractivity contribution in [3.63, 3.8) is 0 Å². The van der Waals surface area contributed by atoms with E-state index in [0.29, 0.717) is 36.3 Å². The van der Waals surface area contributed by atoms with E-state index in [1.54, 1.807) is 43.0 Å². The molecule has 24 heavy (non-hydrogen) atoms. The van der Waals surface area contributed by atoms with Gasteiger partial charge < -0.3 is 14.5 Å². The summed E-state index contributed by atoms with van der Waals surface area (Å²) in [5.74, 6) is -0.312. The predicted molar refractivity (Wildman–Crippen MR) is 85.4 cm³/mol. The van der Waals surface area contributed by atoms with Crippen molar-refractivity contribution in [2.75, 3.05) is 13.1 Å². The van der Waals surface area contributed by atoms with Crippen LogP contribution in [0.3, 0.4) is 0 Å². The molecule has 1 aromatic carbocycles. The molecule has 1 saturated heterocycles. The van der Waals surface area contributed by atoms with E-state index in [1.165, 1.54) is 0 Å². The first-order chi connectivity index (χ1) is 11.4. The van der Waals surface area contributed by atoms with Gasteiger partial charge in [-0.05, 0) is 38.8 Å². The van der Waals surface area contributed by atoms with Gasteiger partial charge in [0.2, 0.25) is 0 Å². The highest BCUT2D eigenvalue weighted by Crippen LogP contribution is 2.32. The molecule has 1 unspecified atom stereocenters. The highest BCUT2D eigenvalue weighted by atomic mass is 16.5. The average molecular weight is 329 g/mol. The largest absolute Gasteiger partial charge is 0.481 e. The number of aryl methyl sites for hydroxylation is 1. The third-order valence-corrected chi connectivity index (χ3v) is 4.42. The second-order valence-corrected chi connectivity index (χ2v) is 6.39. The van der Waals surface area contributed by atoms with Crippen LogP contribution in [0, 0.1) is 12.3 Å². The molecule has 1 N–H and O–H groups in total. The zero-order chi connectivity index (χ0) is 17.3. The molecule has 1 aliphatic heterocycles. The van der Waals surface area contributed by atoms with Gasteiger partial charge in [0, 0.05) is 13.1 Å². The number of hydrogen-bond donors (Lipinski definition) is 1. The molecule has 1 aromatic heterocycles. The molecule has 0 spiro atoms. The monoisotopic (exact) mass is 329 g/mol. The van der Waals surface area contributed by atoms with Crippen LogP contribution in [0.25, 0.3) is 11.5 Å². The molecule has 1 amide bonds. The summed E-state index contributed by atoms with van der Waals surface area (Å²) in [6.07, 6.45) is 1.23. The molecule has 0 radical (unpaired) electrons. The van der Waals surface area contributed by atoms with E-state index in [-0.39, 0.29) is 18.3 Å². The Labute approximate surface area is 139 Å². The summed E-state index contributed by atoms with van der Waals surface area (Å²) in [5, 5.41) is 13.2. The smallest absolute Gasteiger partial charge is 0.311 e. The lowest BCUT2D eigenvalue weighted by Gasteiger charge is -2.37. The highest BCUT2D eigenvalue weighted by Gasteiger charge is 2.40. The Morgan fingerprint density at radius 1 is 1.33 bits per heavy atom. The van der Waals surface area contributed by atoms with Crippen molar-refractivity contribution in [1.82, 2.24) is 15.0 Å². The Morgan fingerprint density at radius 3 is 2.75 bits per heavy atom. The molecule has 1 aliphatic rings. The first-order valence-electron chi connectivity index (χ1n) is 7.83. The van der Waals surface area contributed by atoms with Gasteiger partial charge in [0.1, 0.15) is 0 Å². The van der Waals surface area contributed by atoms with Crippen molar-refractivity contribution < 1.29 is 19.2 Å². The van der Waals surface area contributed by atoms with Crippen LogP contribution in [0.15, 0.2) is 28.8 Å². The number of carbonyl (C=O) groups excluding carboxylic acids is 1. The highest BCUT2D eigenvalue weighted by molar-refractivity contribution is 6.00. The van der Waals surface area contributed by atoms with Gasteiger partial charge in [-0.25, -0.2) is 0 Å². The van der Waals surface area contributed by atoms with Crippen molar-refractivity contribution in [3.05, 3.63) is 35.7 Å². The molecular formula is C17H19N3O4. The van der Waals surface area contributed by atoms with Gasteiger partial charge >= 0.3 is 5.97 Å². The third kappa shape index (κ3) is 2.89.